The van der Waals surface area contributed by atoms with E-state index in [1.165, 1.54) is 6.07 Å². The molecule has 21 heavy (non-hydrogen) atoms. The van der Waals surface area contributed by atoms with E-state index in [2.05, 4.69) is 10.2 Å². The Kier molecular flexibility index (Phi) is 3.73. The van der Waals surface area contributed by atoms with Crippen molar-refractivity contribution in [1.29, 1.82) is 0 Å². The molecule has 1 saturated heterocycles. The van der Waals surface area contributed by atoms with E-state index in [0.29, 0.717) is 12.1 Å². The first-order valence-corrected chi connectivity index (χ1v) is 7.20. The summed E-state index contributed by atoms with van der Waals surface area (Å²) in [7, 11) is 0. The van der Waals surface area contributed by atoms with Crippen molar-refractivity contribution < 1.29 is 9.18 Å². The van der Waals surface area contributed by atoms with Crippen LogP contribution in [0.1, 0.15) is 31.4 Å². The van der Waals surface area contributed by atoms with Gasteiger partial charge < -0.3 is 4.90 Å². The Labute approximate surface area is 123 Å². The Morgan fingerprint density at radius 3 is 2.95 bits per heavy atom. The molecule has 0 bridgehead atoms. The lowest BCUT2D eigenvalue weighted by Gasteiger charge is -2.32. The maximum absolute atomic E-state index is 14.0. The lowest BCUT2D eigenvalue weighted by atomic mass is 9.90. The molecule has 3 rings (SSSR count). The van der Waals surface area contributed by atoms with Crippen LogP contribution in [0.2, 0.25) is 0 Å². The van der Waals surface area contributed by atoms with Crippen LogP contribution in [0.15, 0.2) is 30.5 Å². The molecule has 2 aromatic rings. The molecule has 0 radical (unpaired) electrons. The average molecular weight is 287 g/mol. The molecule has 0 saturated carbocycles. The number of hydrogen-bond donors (Lipinski definition) is 1. The van der Waals surface area contributed by atoms with Gasteiger partial charge in [-0.3, -0.25) is 9.89 Å². The number of benzene rings is 1. The summed E-state index contributed by atoms with van der Waals surface area (Å²) in [6.07, 6.45) is 3.61. The van der Waals surface area contributed by atoms with Crippen molar-refractivity contribution in [3.63, 3.8) is 0 Å². The normalized spacial score (nSPS) is 18.8. The third-order valence-corrected chi connectivity index (χ3v) is 4.11. The van der Waals surface area contributed by atoms with Crippen LogP contribution in [0.3, 0.4) is 0 Å². The van der Waals surface area contributed by atoms with Crippen molar-refractivity contribution in [3.8, 4) is 11.1 Å². The second kappa shape index (κ2) is 5.68. The average Bonchev–Trinajstić information content (AvgIpc) is 2.97. The van der Waals surface area contributed by atoms with Gasteiger partial charge in [0.15, 0.2) is 0 Å². The number of likely N-dealkylation sites (tertiary alicyclic amines) is 1. The van der Waals surface area contributed by atoms with Crippen LogP contribution in [-0.2, 0) is 4.79 Å². The molecule has 1 aromatic heterocycles. The summed E-state index contributed by atoms with van der Waals surface area (Å²) in [5.41, 5.74) is 2.27. The molecule has 0 spiro atoms. The number of carbonyl (C=O) groups excluding carboxylic acids is 1. The first-order valence-electron chi connectivity index (χ1n) is 7.20. The number of hydrogen-bond acceptors (Lipinski definition) is 2. The second-order valence-electron chi connectivity index (χ2n) is 5.48. The summed E-state index contributed by atoms with van der Waals surface area (Å²) in [4.78, 5) is 13.4. The fourth-order valence-corrected chi connectivity index (χ4v) is 3.00. The van der Waals surface area contributed by atoms with Gasteiger partial charge in [0.1, 0.15) is 5.82 Å². The summed E-state index contributed by atoms with van der Waals surface area (Å²) in [5.74, 6) is 0.0193. The number of aromatic nitrogens is 2. The third kappa shape index (κ3) is 2.68. The molecule has 1 unspecified atom stereocenters. The van der Waals surface area contributed by atoms with Gasteiger partial charge in [0.05, 0.1) is 6.20 Å². The molecule has 4 nitrogen and oxygen atoms in total. The Morgan fingerprint density at radius 1 is 1.38 bits per heavy atom. The highest BCUT2D eigenvalue weighted by atomic mass is 19.1. The highest BCUT2D eigenvalue weighted by Gasteiger charge is 2.26. The highest BCUT2D eigenvalue weighted by Crippen LogP contribution is 2.33. The monoisotopic (exact) mass is 287 g/mol. The molecule has 1 atom stereocenters. The molecule has 1 aromatic carbocycles. The quantitative estimate of drug-likeness (QED) is 0.923. The summed E-state index contributed by atoms with van der Waals surface area (Å²) >= 11 is 0. The van der Waals surface area contributed by atoms with Crippen molar-refractivity contribution >= 4 is 5.91 Å². The van der Waals surface area contributed by atoms with E-state index in [1.807, 2.05) is 11.0 Å². The van der Waals surface area contributed by atoms with E-state index < -0.39 is 0 Å². The molecule has 1 N–H and O–H groups in total. The molecule has 0 aliphatic carbocycles. The van der Waals surface area contributed by atoms with Gasteiger partial charge in [-0.25, -0.2) is 4.39 Å². The maximum atomic E-state index is 14.0. The number of halogens is 1. The zero-order chi connectivity index (χ0) is 14.8. The molecule has 1 fully saturated rings. The van der Waals surface area contributed by atoms with Crippen molar-refractivity contribution in [3.05, 3.63) is 42.0 Å². The van der Waals surface area contributed by atoms with Crippen LogP contribution in [-0.4, -0.2) is 34.1 Å². The first-order chi connectivity index (χ1) is 10.2. The molecule has 1 aliphatic rings. The lowest BCUT2D eigenvalue weighted by Crippen LogP contribution is -2.37. The molecule has 1 aliphatic heterocycles. The van der Waals surface area contributed by atoms with Gasteiger partial charge in [-0.2, -0.15) is 5.10 Å². The summed E-state index contributed by atoms with van der Waals surface area (Å²) in [6.45, 7) is 3.06. The largest absolute Gasteiger partial charge is 0.342 e. The molecule has 2 heterocycles. The van der Waals surface area contributed by atoms with Crippen molar-refractivity contribution in [1.82, 2.24) is 15.1 Å². The Bertz CT molecular complexity index is 652. The van der Waals surface area contributed by atoms with Crippen LogP contribution in [0.4, 0.5) is 4.39 Å². The van der Waals surface area contributed by atoms with E-state index in [1.54, 1.807) is 25.3 Å². The summed E-state index contributed by atoms with van der Waals surface area (Å²) in [5, 5.41) is 7.10. The predicted molar refractivity (Wildman–Crippen MR) is 78.2 cm³/mol. The number of piperidine rings is 1. The molecular weight excluding hydrogens is 269 g/mol. The van der Waals surface area contributed by atoms with Crippen LogP contribution in [0.25, 0.3) is 11.1 Å². The van der Waals surface area contributed by atoms with E-state index in [0.717, 1.165) is 30.6 Å². The number of nitrogens with one attached hydrogen (secondary N) is 1. The van der Waals surface area contributed by atoms with Crippen molar-refractivity contribution in [2.24, 2.45) is 0 Å². The SMILES string of the molecule is CC(=O)N1CCCC(c2[nH]ncc2-c2ccccc2F)C1. The number of nitrogens with zero attached hydrogens (tertiary/aromatic N) is 2. The van der Waals surface area contributed by atoms with E-state index in [4.69, 9.17) is 0 Å². The van der Waals surface area contributed by atoms with E-state index >= 15 is 0 Å². The number of H-pyrrole nitrogens is 1. The van der Waals surface area contributed by atoms with E-state index in [9.17, 15) is 9.18 Å². The Hall–Kier alpha value is -2.17. The van der Waals surface area contributed by atoms with Crippen LogP contribution < -0.4 is 0 Å². The topological polar surface area (TPSA) is 49.0 Å². The predicted octanol–water partition coefficient (Wildman–Crippen LogP) is 2.94. The highest BCUT2D eigenvalue weighted by molar-refractivity contribution is 5.73. The van der Waals surface area contributed by atoms with E-state index in [-0.39, 0.29) is 17.6 Å². The van der Waals surface area contributed by atoms with Gasteiger partial charge in [0, 0.05) is 42.8 Å². The molecule has 1 amide bonds. The van der Waals surface area contributed by atoms with Crippen LogP contribution >= 0.6 is 0 Å². The van der Waals surface area contributed by atoms with Gasteiger partial charge in [-0.15, -0.1) is 0 Å². The molecular formula is C16H18FN3O. The van der Waals surface area contributed by atoms with Gasteiger partial charge in [0.25, 0.3) is 0 Å². The third-order valence-electron chi connectivity index (χ3n) is 4.11. The van der Waals surface area contributed by atoms with Crippen molar-refractivity contribution in [2.75, 3.05) is 13.1 Å². The number of aromatic amines is 1. The molecule has 110 valence electrons. The fraction of sp³-hybridized carbons (Fsp3) is 0.375. The summed E-state index contributed by atoms with van der Waals surface area (Å²) in [6, 6.07) is 6.71. The van der Waals surface area contributed by atoms with Gasteiger partial charge >= 0.3 is 0 Å². The standard InChI is InChI=1S/C16H18FN3O/c1-11(21)20-8-4-5-12(10-20)16-14(9-18-19-16)13-6-2-3-7-15(13)17/h2-3,6-7,9,12H,4-5,8,10H2,1H3,(H,18,19). The fourth-order valence-electron chi connectivity index (χ4n) is 3.00. The van der Waals surface area contributed by atoms with Gasteiger partial charge in [-0.05, 0) is 18.9 Å². The van der Waals surface area contributed by atoms with Gasteiger partial charge in [-0.1, -0.05) is 18.2 Å². The number of rotatable bonds is 2. The summed E-state index contributed by atoms with van der Waals surface area (Å²) < 4.78 is 14.0. The Balaban J connectivity index is 1.92. The smallest absolute Gasteiger partial charge is 0.219 e. The maximum Gasteiger partial charge on any atom is 0.219 e. The second-order valence-corrected chi connectivity index (χ2v) is 5.48. The van der Waals surface area contributed by atoms with Gasteiger partial charge in [0.2, 0.25) is 5.91 Å². The Morgan fingerprint density at radius 2 is 2.19 bits per heavy atom. The number of carbonyl (C=O) groups is 1. The van der Waals surface area contributed by atoms with Crippen LogP contribution in [0.5, 0.6) is 0 Å². The minimum Gasteiger partial charge on any atom is -0.342 e. The van der Waals surface area contributed by atoms with Crippen LogP contribution in [0, 0.1) is 5.82 Å². The van der Waals surface area contributed by atoms with Crippen molar-refractivity contribution in [2.45, 2.75) is 25.7 Å². The number of amides is 1. The molecule has 5 heteroatoms. The lowest BCUT2D eigenvalue weighted by molar-refractivity contribution is -0.130. The zero-order valence-corrected chi connectivity index (χ0v) is 12.0. The first kappa shape index (κ1) is 13.8. The minimum absolute atomic E-state index is 0.0895. The zero-order valence-electron chi connectivity index (χ0n) is 12.0. The minimum atomic E-state index is -0.251.